The van der Waals surface area contributed by atoms with Crippen LogP contribution < -0.4 is 10.5 Å². The summed E-state index contributed by atoms with van der Waals surface area (Å²) in [6, 6.07) is 3.33. The largest absolute Gasteiger partial charge is 0.573 e. The van der Waals surface area contributed by atoms with Gasteiger partial charge in [-0.1, -0.05) is 19.3 Å². The SMILES string of the molecule is Nc1nnc(-c2ccc(OC(F)(F)F)cc2O)c2c1CC1CCC2O1.OC1CCCCC1. The zero-order chi connectivity index (χ0) is 22.9. The number of phenols is 1. The number of benzene rings is 1. The summed E-state index contributed by atoms with van der Waals surface area (Å²) in [5, 5.41) is 27.1. The molecule has 2 bridgehead atoms. The van der Waals surface area contributed by atoms with E-state index in [1.54, 1.807) is 0 Å². The van der Waals surface area contributed by atoms with E-state index < -0.39 is 12.1 Å². The lowest BCUT2D eigenvalue weighted by Crippen LogP contribution is -2.21. The molecule has 2 aliphatic heterocycles. The molecule has 2 unspecified atom stereocenters. The molecule has 2 aromatic rings. The quantitative estimate of drug-likeness (QED) is 0.617. The van der Waals surface area contributed by atoms with Crippen molar-refractivity contribution in [2.24, 2.45) is 0 Å². The third-order valence-corrected chi connectivity index (χ3v) is 6.04. The van der Waals surface area contributed by atoms with E-state index in [9.17, 15) is 18.3 Å². The molecular weight excluding hydrogens is 427 g/mol. The molecule has 3 aliphatic rings. The zero-order valence-electron chi connectivity index (χ0n) is 17.4. The molecule has 1 aliphatic carbocycles. The van der Waals surface area contributed by atoms with Gasteiger partial charge in [0, 0.05) is 29.2 Å². The summed E-state index contributed by atoms with van der Waals surface area (Å²) in [4.78, 5) is 0. The Kier molecular flexibility index (Phi) is 6.43. The lowest BCUT2D eigenvalue weighted by atomic mass is 9.94. The minimum atomic E-state index is -4.83. The molecule has 0 radical (unpaired) electrons. The molecule has 2 fully saturated rings. The van der Waals surface area contributed by atoms with Gasteiger partial charge in [0.15, 0.2) is 0 Å². The third kappa shape index (κ3) is 5.07. The predicted molar refractivity (Wildman–Crippen MR) is 110 cm³/mol. The van der Waals surface area contributed by atoms with Gasteiger partial charge in [-0.2, -0.15) is 0 Å². The van der Waals surface area contributed by atoms with Gasteiger partial charge in [-0.25, -0.2) is 0 Å². The van der Waals surface area contributed by atoms with E-state index in [1.807, 2.05) is 0 Å². The molecule has 1 aromatic carbocycles. The van der Waals surface area contributed by atoms with Crippen LogP contribution in [0.25, 0.3) is 11.3 Å². The van der Waals surface area contributed by atoms with Crippen molar-refractivity contribution in [3.8, 4) is 22.8 Å². The number of alkyl halides is 3. The van der Waals surface area contributed by atoms with Gasteiger partial charge in [-0.3, -0.25) is 0 Å². The highest BCUT2D eigenvalue weighted by Gasteiger charge is 2.38. The number of aromatic nitrogens is 2. The van der Waals surface area contributed by atoms with Crippen molar-refractivity contribution in [3.63, 3.8) is 0 Å². The number of phenolic OH excluding ortho intramolecular Hbond substituents is 1. The number of rotatable bonds is 2. The molecule has 2 atom stereocenters. The second kappa shape index (κ2) is 9.11. The molecular formula is C22H26F3N3O4. The van der Waals surface area contributed by atoms with Gasteiger partial charge in [-0.15, -0.1) is 23.4 Å². The first-order valence-electron chi connectivity index (χ1n) is 10.8. The molecule has 0 spiro atoms. The van der Waals surface area contributed by atoms with Crippen molar-refractivity contribution >= 4 is 5.82 Å². The number of aliphatic hydroxyl groups is 1. The minimum Gasteiger partial charge on any atom is -0.507 e. The van der Waals surface area contributed by atoms with Crippen LogP contribution >= 0.6 is 0 Å². The Bertz CT molecular complexity index is 964. The Morgan fingerprint density at radius 3 is 2.44 bits per heavy atom. The van der Waals surface area contributed by atoms with Crippen molar-refractivity contribution < 1.29 is 32.9 Å². The summed E-state index contributed by atoms with van der Waals surface area (Å²) in [6.07, 6.45) is 3.28. The second-order valence-corrected chi connectivity index (χ2v) is 8.37. The Balaban J connectivity index is 0.000000300. The highest BCUT2D eigenvalue weighted by molar-refractivity contribution is 5.73. The fourth-order valence-corrected chi connectivity index (χ4v) is 4.55. The Morgan fingerprint density at radius 1 is 1.06 bits per heavy atom. The summed E-state index contributed by atoms with van der Waals surface area (Å²) >= 11 is 0. The smallest absolute Gasteiger partial charge is 0.507 e. The van der Waals surface area contributed by atoms with Crippen LogP contribution in [0.3, 0.4) is 0 Å². The van der Waals surface area contributed by atoms with E-state index >= 15 is 0 Å². The average Bonchev–Trinajstić information content (AvgIpc) is 3.10. The Labute approximate surface area is 183 Å². The van der Waals surface area contributed by atoms with Crippen molar-refractivity contribution in [1.82, 2.24) is 10.2 Å². The zero-order valence-corrected chi connectivity index (χ0v) is 17.4. The average molecular weight is 453 g/mol. The fraction of sp³-hybridized carbons (Fsp3) is 0.545. The van der Waals surface area contributed by atoms with Gasteiger partial charge in [-0.05, 0) is 37.8 Å². The highest BCUT2D eigenvalue weighted by Crippen LogP contribution is 2.47. The molecule has 5 rings (SSSR count). The molecule has 174 valence electrons. The molecule has 0 amide bonds. The van der Waals surface area contributed by atoms with E-state index in [0.29, 0.717) is 17.9 Å². The first kappa shape index (κ1) is 22.6. The molecule has 4 N–H and O–H groups in total. The summed E-state index contributed by atoms with van der Waals surface area (Å²) in [7, 11) is 0. The molecule has 10 heteroatoms. The van der Waals surface area contributed by atoms with Gasteiger partial charge in [0.05, 0.1) is 18.3 Å². The van der Waals surface area contributed by atoms with E-state index in [0.717, 1.165) is 48.9 Å². The van der Waals surface area contributed by atoms with Crippen LogP contribution in [0, 0.1) is 0 Å². The number of ether oxygens (including phenoxy) is 2. The van der Waals surface area contributed by atoms with Gasteiger partial charge < -0.3 is 25.4 Å². The summed E-state index contributed by atoms with van der Waals surface area (Å²) in [6.45, 7) is 0. The third-order valence-electron chi connectivity index (χ3n) is 6.04. The van der Waals surface area contributed by atoms with Crippen LogP contribution in [0.2, 0.25) is 0 Å². The molecule has 1 saturated carbocycles. The number of hydrogen-bond donors (Lipinski definition) is 3. The molecule has 1 aromatic heterocycles. The molecule has 7 nitrogen and oxygen atoms in total. The maximum Gasteiger partial charge on any atom is 0.573 e. The Morgan fingerprint density at radius 2 is 1.81 bits per heavy atom. The van der Waals surface area contributed by atoms with Crippen LogP contribution in [0.1, 0.15) is 62.2 Å². The van der Waals surface area contributed by atoms with Crippen molar-refractivity contribution in [3.05, 3.63) is 29.3 Å². The van der Waals surface area contributed by atoms with E-state index in [4.69, 9.17) is 15.6 Å². The lowest BCUT2D eigenvalue weighted by Gasteiger charge is -2.26. The van der Waals surface area contributed by atoms with E-state index in [-0.39, 0.29) is 29.6 Å². The first-order valence-corrected chi connectivity index (χ1v) is 10.8. The van der Waals surface area contributed by atoms with Gasteiger partial charge in [0.1, 0.15) is 23.0 Å². The lowest BCUT2D eigenvalue weighted by molar-refractivity contribution is -0.274. The van der Waals surface area contributed by atoms with Crippen LogP contribution in [-0.4, -0.2) is 39.0 Å². The number of nitrogens with two attached hydrogens (primary N) is 1. The number of halogens is 3. The number of fused-ring (bicyclic) bond motifs is 4. The van der Waals surface area contributed by atoms with E-state index in [2.05, 4.69) is 14.9 Å². The summed E-state index contributed by atoms with van der Waals surface area (Å²) in [5.41, 5.74) is 8.14. The van der Waals surface area contributed by atoms with Crippen LogP contribution in [0.15, 0.2) is 18.2 Å². The number of hydrogen-bond acceptors (Lipinski definition) is 7. The van der Waals surface area contributed by atoms with Crippen molar-refractivity contribution in [2.45, 2.75) is 76.0 Å². The first-order chi connectivity index (χ1) is 15.2. The van der Waals surface area contributed by atoms with Crippen LogP contribution in [-0.2, 0) is 11.2 Å². The number of anilines is 1. The predicted octanol–water partition coefficient (Wildman–Crippen LogP) is 4.42. The normalized spacial score (nSPS) is 22.6. The van der Waals surface area contributed by atoms with Crippen LogP contribution in [0.5, 0.6) is 11.5 Å². The maximum absolute atomic E-state index is 12.3. The van der Waals surface area contributed by atoms with Gasteiger partial charge in [0.25, 0.3) is 0 Å². The topological polar surface area (TPSA) is 111 Å². The maximum atomic E-state index is 12.3. The summed E-state index contributed by atoms with van der Waals surface area (Å²) < 4.78 is 46.6. The molecule has 1 saturated heterocycles. The minimum absolute atomic E-state index is 0.0359. The Hall–Kier alpha value is -2.59. The standard InChI is InChI=1S/C16H14F3N3O3.C6H12O/c17-16(18,19)25-8-1-3-9(11(23)6-8)14-13-10(15(20)22-21-14)5-7-2-4-12(13)24-7;7-6-4-2-1-3-5-6/h1,3,6-7,12,23H,2,4-5H2,(H2,20,22);6-7H,1-5H2. The monoisotopic (exact) mass is 453 g/mol. The number of aromatic hydroxyl groups is 1. The van der Waals surface area contributed by atoms with Crippen molar-refractivity contribution in [2.75, 3.05) is 5.73 Å². The second-order valence-electron chi connectivity index (χ2n) is 8.37. The summed E-state index contributed by atoms with van der Waals surface area (Å²) in [5.74, 6) is -0.582. The number of nitrogen functional groups attached to an aromatic ring is 1. The number of aliphatic hydroxyl groups excluding tert-OH is 1. The molecule has 32 heavy (non-hydrogen) atoms. The van der Waals surface area contributed by atoms with Crippen molar-refractivity contribution in [1.29, 1.82) is 0 Å². The number of nitrogens with zero attached hydrogens (tertiary/aromatic N) is 2. The van der Waals surface area contributed by atoms with E-state index in [1.165, 1.54) is 25.3 Å². The van der Waals surface area contributed by atoms with Crippen LogP contribution in [0.4, 0.5) is 19.0 Å². The fourth-order valence-electron chi connectivity index (χ4n) is 4.55. The van der Waals surface area contributed by atoms with Gasteiger partial charge >= 0.3 is 6.36 Å². The molecule has 3 heterocycles. The highest BCUT2D eigenvalue weighted by atomic mass is 19.4. The van der Waals surface area contributed by atoms with Gasteiger partial charge in [0.2, 0.25) is 0 Å².